The first-order valence-corrected chi connectivity index (χ1v) is 10.7. The fraction of sp³-hybridized carbons (Fsp3) is 0.750. The Morgan fingerprint density at radius 2 is 2.09 bits per heavy atom. The fourth-order valence-electron chi connectivity index (χ4n) is 3.90. The van der Waals surface area contributed by atoms with Gasteiger partial charge in [0.1, 0.15) is 0 Å². The molecule has 5 nitrogen and oxygen atoms in total. The van der Waals surface area contributed by atoms with Crippen LogP contribution < -0.4 is 4.72 Å². The zero-order valence-corrected chi connectivity index (χ0v) is 15.3. The number of hydrogen-bond acceptors (Lipinski definition) is 5. The Kier molecular flexibility index (Phi) is 4.05. The summed E-state index contributed by atoms with van der Waals surface area (Å²) < 4.78 is 34.2. The van der Waals surface area contributed by atoms with E-state index in [0.717, 1.165) is 41.8 Å². The van der Waals surface area contributed by atoms with Gasteiger partial charge in [-0.25, -0.2) is 13.1 Å². The van der Waals surface area contributed by atoms with Gasteiger partial charge in [-0.3, -0.25) is 4.90 Å². The molecule has 3 atom stereocenters. The summed E-state index contributed by atoms with van der Waals surface area (Å²) in [5.41, 5.74) is 0. The number of aryl methyl sites for hydroxylation is 2. The van der Waals surface area contributed by atoms with Crippen molar-refractivity contribution in [2.24, 2.45) is 5.92 Å². The van der Waals surface area contributed by atoms with Crippen LogP contribution >= 0.6 is 11.3 Å². The van der Waals surface area contributed by atoms with Gasteiger partial charge in [0.05, 0.1) is 17.6 Å². The Balaban J connectivity index is 1.43. The number of rotatable bonds is 4. The highest BCUT2D eigenvalue weighted by Crippen LogP contribution is 2.38. The Bertz CT molecular complexity index is 696. The van der Waals surface area contributed by atoms with Crippen LogP contribution in [0.1, 0.15) is 29.0 Å². The lowest BCUT2D eigenvalue weighted by molar-refractivity contribution is -0.0581. The van der Waals surface area contributed by atoms with E-state index in [2.05, 4.69) is 9.62 Å². The maximum Gasteiger partial charge on any atom is 0.241 e. The van der Waals surface area contributed by atoms with E-state index < -0.39 is 10.0 Å². The minimum absolute atomic E-state index is 0.00819. The number of nitrogens with one attached hydrogen (secondary N) is 1. The maximum atomic E-state index is 12.7. The van der Waals surface area contributed by atoms with Crippen LogP contribution in [0.15, 0.2) is 11.0 Å². The average Bonchev–Trinajstić information content (AvgIpc) is 3.16. The summed E-state index contributed by atoms with van der Waals surface area (Å²) >= 11 is 1.53. The summed E-state index contributed by atoms with van der Waals surface area (Å²) in [7, 11) is -3.42. The van der Waals surface area contributed by atoms with Crippen molar-refractivity contribution in [3.05, 3.63) is 15.8 Å². The number of nitrogens with zero attached hydrogens (tertiary/aromatic N) is 1. The first-order chi connectivity index (χ1) is 10.9. The van der Waals surface area contributed by atoms with Gasteiger partial charge in [-0.15, -0.1) is 11.3 Å². The Morgan fingerprint density at radius 1 is 1.30 bits per heavy atom. The minimum atomic E-state index is -3.42. The fourth-order valence-corrected chi connectivity index (χ4v) is 6.69. The molecule has 3 fully saturated rings. The molecule has 7 heteroatoms. The van der Waals surface area contributed by atoms with Crippen molar-refractivity contribution in [2.75, 3.05) is 19.7 Å². The van der Waals surface area contributed by atoms with Crippen molar-refractivity contribution < 1.29 is 13.2 Å². The first kappa shape index (κ1) is 16.0. The lowest BCUT2D eigenvalue weighted by Gasteiger charge is -2.35. The Labute approximate surface area is 142 Å². The number of morpholine rings is 1. The predicted octanol–water partition coefficient (Wildman–Crippen LogP) is 1.89. The molecule has 0 bridgehead atoms. The van der Waals surface area contributed by atoms with Gasteiger partial charge in [0.2, 0.25) is 10.0 Å². The van der Waals surface area contributed by atoms with Crippen LogP contribution in [0.5, 0.6) is 0 Å². The molecule has 1 saturated carbocycles. The average molecular weight is 357 g/mol. The summed E-state index contributed by atoms with van der Waals surface area (Å²) in [6, 6.07) is 2.13. The van der Waals surface area contributed by atoms with Crippen molar-refractivity contribution in [3.63, 3.8) is 0 Å². The molecule has 3 aliphatic rings. The van der Waals surface area contributed by atoms with Crippen molar-refractivity contribution in [3.8, 4) is 0 Å². The molecule has 1 aromatic heterocycles. The zero-order chi connectivity index (χ0) is 16.2. The van der Waals surface area contributed by atoms with Crippen LogP contribution in [0.2, 0.25) is 0 Å². The molecule has 23 heavy (non-hydrogen) atoms. The third kappa shape index (κ3) is 3.22. The third-order valence-electron chi connectivity index (χ3n) is 5.20. The van der Waals surface area contributed by atoms with E-state index in [-0.39, 0.29) is 6.04 Å². The Hall–Kier alpha value is -0.470. The molecule has 128 valence electrons. The van der Waals surface area contributed by atoms with Crippen molar-refractivity contribution >= 4 is 21.4 Å². The number of sulfonamides is 1. The smallest absolute Gasteiger partial charge is 0.241 e. The molecule has 2 saturated heterocycles. The summed E-state index contributed by atoms with van der Waals surface area (Å²) in [6.45, 7) is 6.33. The highest BCUT2D eigenvalue weighted by molar-refractivity contribution is 7.89. The number of thiophene rings is 1. The molecule has 0 aromatic carbocycles. The normalized spacial score (nSPS) is 32.2. The van der Waals surface area contributed by atoms with Crippen LogP contribution in [-0.4, -0.2) is 51.2 Å². The van der Waals surface area contributed by atoms with E-state index in [1.165, 1.54) is 24.2 Å². The molecular formula is C16H24N2O3S2. The van der Waals surface area contributed by atoms with Crippen molar-refractivity contribution in [1.29, 1.82) is 0 Å². The van der Waals surface area contributed by atoms with Gasteiger partial charge >= 0.3 is 0 Å². The molecule has 0 amide bonds. The van der Waals surface area contributed by atoms with Crippen LogP contribution in [0.25, 0.3) is 0 Å². The third-order valence-corrected chi connectivity index (χ3v) is 7.94. The number of fused-ring (bicyclic) bond motifs is 1. The number of ether oxygens (including phenoxy) is 1. The van der Waals surface area contributed by atoms with E-state index >= 15 is 0 Å². The van der Waals surface area contributed by atoms with Crippen LogP contribution in [0, 0.1) is 19.8 Å². The molecule has 1 aliphatic carbocycles. The van der Waals surface area contributed by atoms with Crippen molar-refractivity contribution in [2.45, 2.75) is 56.2 Å². The van der Waals surface area contributed by atoms with Crippen LogP contribution in [0.3, 0.4) is 0 Å². The first-order valence-electron chi connectivity index (χ1n) is 8.37. The van der Waals surface area contributed by atoms with Crippen LogP contribution in [-0.2, 0) is 14.8 Å². The molecular weight excluding hydrogens is 332 g/mol. The standard InChI is InChI=1S/C16H24N2O3S2/c1-10-5-16(11(2)22-10)23(19,20)17-13-6-14-9-21-15(12-3-4-12)8-18(14)7-13/h5,12-15,17H,3-4,6-9H2,1-2H3/t13-,14+,15+/m1/s1. The molecule has 1 N–H and O–H groups in total. The van der Waals surface area contributed by atoms with Crippen LogP contribution in [0.4, 0.5) is 0 Å². The van der Waals surface area contributed by atoms with E-state index in [4.69, 9.17) is 4.74 Å². The molecule has 2 aliphatic heterocycles. The second-order valence-electron chi connectivity index (χ2n) is 7.15. The quantitative estimate of drug-likeness (QED) is 0.895. The zero-order valence-electron chi connectivity index (χ0n) is 13.6. The predicted molar refractivity (Wildman–Crippen MR) is 90.3 cm³/mol. The maximum absolute atomic E-state index is 12.7. The SMILES string of the molecule is Cc1cc(S(=O)(=O)N[C@@H]2C[C@H]3CO[C@H](C4CC4)CN3C2)c(C)s1. The molecule has 0 radical (unpaired) electrons. The summed E-state index contributed by atoms with van der Waals surface area (Å²) in [4.78, 5) is 4.76. The van der Waals surface area contributed by atoms with E-state index in [1.807, 2.05) is 13.8 Å². The van der Waals surface area contributed by atoms with Crippen molar-refractivity contribution in [1.82, 2.24) is 9.62 Å². The monoisotopic (exact) mass is 356 g/mol. The van der Waals surface area contributed by atoms with E-state index in [1.54, 1.807) is 6.07 Å². The lowest BCUT2D eigenvalue weighted by Crippen LogP contribution is -2.47. The van der Waals surface area contributed by atoms with Gasteiger partial charge in [0, 0.05) is 34.9 Å². The highest BCUT2D eigenvalue weighted by Gasteiger charge is 2.43. The lowest BCUT2D eigenvalue weighted by atomic mass is 10.1. The van der Waals surface area contributed by atoms with E-state index in [9.17, 15) is 8.42 Å². The highest BCUT2D eigenvalue weighted by atomic mass is 32.2. The molecule has 0 spiro atoms. The summed E-state index contributed by atoms with van der Waals surface area (Å²) in [5.74, 6) is 0.739. The van der Waals surface area contributed by atoms with Gasteiger partial charge in [0.25, 0.3) is 0 Å². The molecule has 3 heterocycles. The van der Waals surface area contributed by atoms with Gasteiger partial charge in [-0.1, -0.05) is 0 Å². The Morgan fingerprint density at radius 3 is 2.74 bits per heavy atom. The largest absolute Gasteiger partial charge is 0.375 e. The second-order valence-corrected chi connectivity index (χ2v) is 10.3. The molecule has 1 aromatic rings. The summed E-state index contributed by atoms with van der Waals surface area (Å²) in [6.07, 6.45) is 3.79. The molecule has 4 rings (SSSR count). The topological polar surface area (TPSA) is 58.6 Å². The van der Waals surface area contributed by atoms with Gasteiger partial charge in [0.15, 0.2) is 0 Å². The second kappa shape index (κ2) is 5.81. The summed E-state index contributed by atoms with van der Waals surface area (Å²) in [5, 5.41) is 0. The minimum Gasteiger partial charge on any atom is -0.375 e. The number of hydrogen-bond donors (Lipinski definition) is 1. The van der Waals surface area contributed by atoms with Gasteiger partial charge in [-0.2, -0.15) is 0 Å². The molecule has 0 unspecified atom stereocenters. The van der Waals surface area contributed by atoms with E-state index in [0.29, 0.717) is 17.0 Å². The van der Waals surface area contributed by atoms with Gasteiger partial charge < -0.3 is 4.74 Å². The van der Waals surface area contributed by atoms with Gasteiger partial charge in [-0.05, 0) is 45.1 Å².